The molecular weight excluding hydrogens is 434 g/mol. The van der Waals surface area contributed by atoms with Gasteiger partial charge in [0.05, 0.1) is 35.7 Å². The van der Waals surface area contributed by atoms with Crippen molar-refractivity contribution in [1.82, 2.24) is 24.9 Å². The lowest BCUT2D eigenvalue weighted by Gasteiger charge is -2.07. The number of nitrogens with zero attached hydrogens (tertiary/aromatic N) is 4. The Morgan fingerprint density at radius 3 is 2.45 bits per heavy atom. The van der Waals surface area contributed by atoms with E-state index >= 15 is 0 Å². The maximum Gasteiger partial charge on any atom is 0.224 e. The Labute approximate surface area is 198 Å². The maximum absolute atomic E-state index is 12.9. The molecule has 1 amide bonds. The van der Waals surface area contributed by atoms with E-state index in [4.69, 9.17) is 16.7 Å². The smallest absolute Gasteiger partial charge is 0.224 e. The number of benzene rings is 2. The lowest BCUT2D eigenvalue weighted by atomic mass is 10.1. The van der Waals surface area contributed by atoms with Crippen molar-refractivity contribution in [3.05, 3.63) is 93.5 Å². The summed E-state index contributed by atoms with van der Waals surface area (Å²) in [6.07, 6.45) is 3.45. The Balaban J connectivity index is 1.31. The zero-order valence-corrected chi connectivity index (χ0v) is 19.6. The SMILES string of the molecule is Cc1nn(-c2ccc(Cl)cc2)c(C)c1CC(=O)NCc1nn(-c2ccccc2)c2c1CCC2. The van der Waals surface area contributed by atoms with Gasteiger partial charge in [-0.3, -0.25) is 4.79 Å². The minimum atomic E-state index is -0.0298. The van der Waals surface area contributed by atoms with E-state index < -0.39 is 0 Å². The van der Waals surface area contributed by atoms with Crippen molar-refractivity contribution in [1.29, 1.82) is 0 Å². The number of fused-ring (bicyclic) bond motifs is 1. The zero-order chi connectivity index (χ0) is 22.9. The molecule has 0 spiro atoms. The Bertz CT molecular complexity index is 1300. The number of hydrogen-bond acceptors (Lipinski definition) is 3. The predicted molar refractivity (Wildman–Crippen MR) is 129 cm³/mol. The minimum Gasteiger partial charge on any atom is -0.350 e. The number of para-hydroxylation sites is 1. The highest BCUT2D eigenvalue weighted by molar-refractivity contribution is 6.30. The van der Waals surface area contributed by atoms with Gasteiger partial charge >= 0.3 is 0 Å². The fourth-order valence-corrected chi connectivity index (χ4v) is 4.73. The lowest BCUT2D eigenvalue weighted by Crippen LogP contribution is -2.25. The number of aryl methyl sites for hydroxylation is 1. The fraction of sp³-hybridized carbons (Fsp3) is 0.269. The van der Waals surface area contributed by atoms with Crippen LogP contribution in [0.2, 0.25) is 5.02 Å². The van der Waals surface area contributed by atoms with Crippen molar-refractivity contribution in [2.45, 2.75) is 46.1 Å². The Kier molecular flexibility index (Phi) is 5.77. The van der Waals surface area contributed by atoms with E-state index in [9.17, 15) is 4.79 Å². The van der Waals surface area contributed by atoms with Crippen LogP contribution in [0.25, 0.3) is 11.4 Å². The van der Waals surface area contributed by atoms with Crippen LogP contribution in [0.5, 0.6) is 0 Å². The van der Waals surface area contributed by atoms with E-state index in [-0.39, 0.29) is 12.3 Å². The summed E-state index contributed by atoms with van der Waals surface area (Å²) in [6, 6.07) is 17.7. The van der Waals surface area contributed by atoms with Crippen molar-refractivity contribution in [2.75, 3.05) is 0 Å². The molecule has 0 aliphatic heterocycles. The molecule has 1 aliphatic rings. The lowest BCUT2D eigenvalue weighted by molar-refractivity contribution is -0.120. The van der Waals surface area contributed by atoms with Gasteiger partial charge in [0.2, 0.25) is 5.91 Å². The molecule has 0 saturated heterocycles. The molecule has 2 aromatic heterocycles. The summed E-state index contributed by atoms with van der Waals surface area (Å²) < 4.78 is 3.90. The van der Waals surface area contributed by atoms with Gasteiger partial charge in [-0.25, -0.2) is 9.36 Å². The Morgan fingerprint density at radius 1 is 0.970 bits per heavy atom. The molecule has 1 N–H and O–H groups in total. The first kappa shape index (κ1) is 21.5. The fourth-order valence-electron chi connectivity index (χ4n) is 4.61. The monoisotopic (exact) mass is 459 g/mol. The molecule has 4 aromatic rings. The van der Waals surface area contributed by atoms with Gasteiger partial charge in [-0.1, -0.05) is 29.8 Å². The van der Waals surface area contributed by atoms with Crippen LogP contribution < -0.4 is 5.32 Å². The third kappa shape index (κ3) is 4.18. The highest BCUT2D eigenvalue weighted by Gasteiger charge is 2.23. The number of nitrogens with one attached hydrogen (secondary N) is 1. The Morgan fingerprint density at radius 2 is 1.70 bits per heavy atom. The van der Waals surface area contributed by atoms with Gasteiger partial charge in [-0.2, -0.15) is 10.2 Å². The van der Waals surface area contributed by atoms with Crippen LogP contribution in [0.1, 0.15) is 40.3 Å². The number of rotatable bonds is 6. The summed E-state index contributed by atoms with van der Waals surface area (Å²) >= 11 is 6.01. The molecule has 0 unspecified atom stereocenters. The predicted octanol–water partition coefficient (Wildman–Crippen LogP) is 4.68. The van der Waals surface area contributed by atoms with Crippen molar-refractivity contribution >= 4 is 17.5 Å². The highest BCUT2D eigenvalue weighted by atomic mass is 35.5. The topological polar surface area (TPSA) is 64.7 Å². The van der Waals surface area contributed by atoms with Gasteiger partial charge < -0.3 is 5.32 Å². The summed E-state index contributed by atoms with van der Waals surface area (Å²) in [6.45, 7) is 4.37. The van der Waals surface area contributed by atoms with Gasteiger partial charge in [0.1, 0.15) is 0 Å². The number of aromatic nitrogens is 4. The summed E-state index contributed by atoms with van der Waals surface area (Å²) in [5.41, 5.74) is 8.25. The van der Waals surface area contributed by atoms with E-state index in [1.54, 1.807) is 0 Å². The van der Waals surface area contributed by atoms with Crippen molar-refractivity contribution in [3.8, 4) is 11.4 Å². The van der Waals surface area contributed by atoms with E-state index in [0.29, 0.717) is 11.6 Å². The standard InChI is InChI=1S/C26H26ClN5O/c1-17-23(18(2)31(29-17)21-13-11-19(27)12-14-21)15-26(33)28-16-24-22-9-6-10-25(22)32(30-24)20-7-4-3-5-8-20/h3-5,7-8,11-14H,6,9-10,15-16H2,1-2H3,(H,28,33). The van der Waals surface area contributed by atoms with E-state index in [1.807, 2.05) is 65.7 Å². The number of amides is 1. The Hall–Kier alpha value is -3.38. The molecule has 0 saturated carbocycles. The number of carbonyl (C=O) groups is 1. The first-order valence-corrected chi connectivity index (χ1v) is 11.6. The van der Waals surface area contributed by atoms with Crippen LogP contribution in [-0.4, -0.2) is 25.5 Å². The molecule has 2 aromatic carbocycles. The molecule has 33 heavy (non-hydrogen) atoms. The molecular formula is C26H26ClN5O. The first-order chi connectivity index (χ1) is 16.0. The normalized spacial score (nSPS) is 12.7. The van der Waals surface area contributed by atoms with Gasteiger partial charge in [0, 0.05) is 22.0 Å². The third-order valence-corrected chi connectivity index (χ3v) is 6.57. The molecule has 0 bridgehead atoms. The van der Waals surface area contributed by atoms with E-state index in [0.717, 1.165) is 53.3 Å². The van der Waals surface area contributed by atoms with Gasteiger partial charge in [0.25, 0.3) is 0 Å². The van der Waals surface area contributed by atoms with Crippen LogP contribution in [-0.2, 0) is 30.6 Å². The van der Waals surface area contributed by atoms with Crippen LogP contribution in [0, 0.1) is 13.8 Å². The molecule has 2 heterocycles. The second-order valence-corrected chi connectivity index (χ2v) is 8.90. The summed E-state index contributed by atoms with van der Waals surface area (Å²) in [7, 11) is 0. The first-order valence-electron chi connectivity index (χ1n) is 11.2. The second kappa shape index (κ2) is 8.87. The maximum atomic E-state index is 12.9. The summed E-state index contributed by atoms with van der Waals surface area (Å²) in [4.78, 5) is 12.9. The number of carbonyl (C=O) groups excluding carboxylic acids is 1. The number of halogens is 1. The molecule has 0 fully saturated rings. The zero-order valence-electron chi connectivity index (χ0n) is 18.8. The van der Waals surface area contributed by atoms with Gasteiger partial charge in [0.15, 0.2) is 0 Å². The van der Waals surface area contributed by atoms with Crippen LogP contribution in [0.15, 0.2) is 54.6 Å². The molecule has 0 atom stereocenters. The van der Waals surface area contributed by atoms with Crippen molar-refractivity contribution in [3.63, 3.8) is 0 Å². The average molecular weight is 460 g/mol. The second-order valence-electron chi connectivity index (χ2n) is 8.46. The largest absolute Gasteiger partial charge is 0.350 e. The van der Waals surface area contributed by atoms with Crippen LogP contribution >= 0.6 is 11.6 Å². The van der Waals surface area contributed by atoms with Gasteiger partial charge in [-0.15, -0.1) is 0 Å². The molecule has 1 aliphatic carbocycles. The summed E-state index contributed by atoms with van der Waals surface area (Å²) in [5, 5.41) is 13.3. The minimum absolute atomic E-state index is 0.0298. The summed E-state index contributed by atoms with van der Waals surface area (Å²) in [5.74, 6) is -0.0298. The van der Waals surface area contributed by atoms with Crippen molar-refractivity contribution < 1.29 is 4.79 Å². The average Bonchev–Trinajstić information content (AvgIpc) is 3.50. The molecule has 0 radical (unpaired) electrons. The van der Waals surface area contributed by atoms with Crippen molar-refractivity contribution in [2.24, 2.45) is 0 Å². The molecule has 6 nitrogen and oxygen atoms in total. The molecule has 168 valence electrons. The van der Waals surface area contributed by atoms with Gasteiger partial charge in [-0.05, 0) is 75.1 Å². The van der Waals surface area contributed by atoms with E-state index in [1.165, 1.54) is 11.3 Å². The third-order valence-electron chi connectivity index (χ3n) is 6.32. The van der Waals surface area contributed by atoms with E-state index in [2.05, 4.69) is 22.5 Å². The van der Waals surface area contributed by atoms with Crippen LogP contribution in [0.4, 0.5) is 0 Å². The molecule has 5 rings (SSSR count). The highest BCUT2D eigenvalue weighted by Crippen LogP contribution is 2.28. The number of hydrogen-bond donors (Lipinski definition) is 1. The van der Waals surface area contributed by atoms with Crippen LogP contribution in [0.3, 0.4) is 0 Å². The molecule has 7 heteroatoms. The quantitative estimate of drug-likeness (QED) is 0.455.